The van der Waals surface area contributed by atoms with Gasteiger partial charge < -0.3 is 5.32 Å². The highest BCUT2D eigenvalue weighted by Crippen LogP contribution is 2.15. The third-order valence-electron chi connectivity index (χ3n) is 3.48. The Morgan fingerprint density at radius 1 is 0.870 bits per heavy atom. The highest BCUT2D eigenvalue weighted by Gasteiger charge is 2.05. The van der Waals surface area contributed by atoms with Crippen molar-refractivity contribution >= 4 is 34.2 Å². The van der Waals surface area contributed by atoms with Crippen LogP contribution in [-0.4, -0.2) is 10.9 Å². The maximum Gasteiger partial charge on any atom is 0.255 e. The lowest BCUT2D eigenvalue weighted by molar-refractivity contribution is 0.102. The molecule has 1 heterocycles. The maximum atomic E-state index is 12.2. The molecule has 3 nitrogen and oxygen atoms in total. The summed E-state index contributed by atoms with van der Waals surface area (Å²) in [5.74, 6) is -0.0942. The molecule has 0 aliphatic carbocycles. The number of benzene rings is 2. The topological polar surface area (TPSA) is 42.0 Å². The summed E-state index contributed by atoms with van der Waals surface area (Å²) in [6.45, 7) is 0. The van der Waals surface area contributed by atoms with Gasteiger partial charge in [0.15, 0.2) is 0 Å². The molecule has 1 N–H and O–H groups in total. The number of hydrogen-bond acceptors (Lipinski definition) is 2. The zero-order chi connectivity index (χ0) is 16.1. The van der Waals surface area contributed by atoms with Crippen LogP contribution >= 0.6 is 22.6 Å². The van der Waals surface area contributed by atoms with Crippen LogP contribution in [0.1, 0.15) is 21.5 Å². The van der Waals surface area contributed by atoms with Gasteiger partial charge in [-0.25, -0.2) is 0 Å². The fourth-order valence-corrected chi connectivity index (χ4v) is 2.61. The molecule has 1 aromatic heterocycles. The molecule has 2 aromatic carbocycles. The highest BCUT2D eigenvalue weighted by molar-refractivity contribution is 14.1. The van der Waals surface area contributed by atoms with E-state index in [9.17, 15) is 4.79 Å². The second kappa shape index (κ2) is 7.37. The minimum absolute atomic E-state index is 0.0942. The van der Waals surface area contributed by atoms with E-state index in [2.05, 4.69) is 32.9 Å². The van der Waals surface area contributed by atoms with Gasteiger partial charge in [0, 0.05) is 27.2 Å². The van der Waals surface area contributed by atoms with Crippen molar-refractivity contribution in [1.29, 1.82) is 0 Å². The smallest absolute Gasteiger partial charge is 0.255 e. The third-order valence-corrected chi connectivity index (χ3v) is 4.19. The quantitative estimate of drug-likeness (QED) is 0.638. The van der Waals surface area contributed by atoms with Crippen LogP contribution in [0.4, 0.5) is 5.69 Å². The van der Waals surface area contributed by atoms with Gasteiger partial charge in [-0.05, 0) is 88.7 Å². The van der Waals surface area contributed by atoms with Crippen LogP contribution in [0.2, 0.25) is 0 Å². The average Bonchev–Trinajstić information content (AvgIpc) is 2.58. The number of rotatable bonds is 4. The fraction of sp³-hybridized carbons (Fsp3) is 0.0526. The van der Waals surface area contributed by atoms with Crippen LogP contribution < -0.4 is 5.32 Å². The molecule has 0 aliphatic rings. The number of nitrogens with zero attached hydrogens (tertiary/aromatic N) is 1. The SMILES string of the molecule is O=C(Nc1ccc(Cc2ccncc2)cc1)c1ccc(I)cc1. The van der Waals surface area contributed by atoms with Gasteiger partial charge in [-0.15, -0.1) is 0 Å². The molecule has 0 radical (unpaired) electrons. The largest absolute Gasteiger partial charge is 0.322 e. The number of aromatic nitrogens is 1. The molecule has 0 aliphatic heterocycles. The number of carbonyl (C=O) groups is 1. The summed E-state index contributed by atoms with van der Waals surface area (Å²) >= 11 is 2.22. The number of amides is 1. The van der Waals surface area contributed by atoms with Crippen LogP contribution in [0, 0.1) is 3.57 Å². The van der Waals surface area contributed by atoms with Crippen LogP contribution in [-0.2, 0) is 6.42 Å². The Morgan fingerprint density at radius 2 is 1.48 bits per heavy atom. The minimum atomic E-state index is -0.0942. The first-order valence-electron chi connectivity index (χ1n) is 7.25. The van der Waals surface area contributed by atoms with Crippen LogP contribution in [0.3, 0.4) is 0 Å². The normalized spacial score (nSPS) is 10.3. The van der Waals surface area contributed by atoms with Crippen LogP contribution in [0.5, 0.6) is 0 Å². The van der Waals surface area contributed by atoms with E-state index < -0.39 is 0 Å². The van der Waals surface area contributed by atoms with E-state index in [-0.39, 0.29) is 5.91 Å². The molecule has 0 saturated heterocycles. The summed E-state index contributed by atoms with van der Waals surface area (Å²) in [5.41, 5.74) is 3.87. The molecule has 0 fully saturated rings. The number of anilines is 1. The molecule has 0 spiro atoms. The Labute approximate surface area is 148 Å². The first-order chi connectivity index (χ1) is 11.2. The van der Waals surface area contributed by atoms with Crippen molar-refractivity contribution in [2.45, 2.75) is 6.42 Å². The Kier molecular flexibility index (Phi) is 5.02. The zero-order valence-corrected chi connectivity index (χ0v) is 14.5. The van der Waals surface area contributed by atoms with Crippen molar-refractivity contribution in [3.63, 3.8) is 0 Å². The molecule has 1 amide bonds. The Morgan fingerprint density at radius 3 is 2.13 bits per heavy atom. The van der Waals surface area contributed by atoms with Gasteiger partial charge in [0.25, 0.3) is 5.91 Å². The van der Waals surface area contributed by atoms with E-state index >= 15 is 0 Å². The summed E-state index contributed by atoms with van der Waals surface area (Å²) in [6.07, 6.45) is 4.45. The third kappa shape index (κ3) is 4.39. The molecule has 23 heavy (non-hydrogen) atoms. The highest BCUT2D eigenvalue weighted by atomic mass is 127. The predicted octanol–water partition coefficient (Wildman–Crippen LogP) is 4.53. The van der Waals surface area contributed by atoms with Crippen molar-refractivity contribution in [2.24, 2.45) is 0 Å². The minimum Gasteiger partial charge on any atom is -0.322 e. The summed E-state index contributed by atoms with van der Waals surface area (Å²) in [4.78, 5) is 16.2. The summed E-state index contributed by atoms with van der Waals surface area (Å²) in [6, 6.07) is 19.4. The second-order valence-electron chi connectivity index (χ2n) is 5.19. The van der Waals surface area contributed by atoms with Gasteiger partial charge in [0.2, 0.25) is 0 Å². The summed E-state index contributed by atoms with van der Waals surface area (Å²) in [5, 5.41) is 2.92. The molecule has 114 valence electrons. The van der Waals surface area contributed by atoms with Gasteiger partial charge >= 0.3 is 0 Å². The van der Waals surface area contributed by atoms with Gasteiger partial charge in [-0.3, -0.25) is 9.78 Å². The molecule has 0 bridgehead atoms. The molecular weight excluding hydrogens is 399 g/mol. The first kappa shape index (κ1) is 15.7. The lowest BCUT2D eigenvalue weighted by atomic mass is 10.1. The summed E-state index contributed by atoms with van der Waals surface area (Å²) in [7, 11) is 0. The Hall–Kier alpha value is -2.21. The van der Waals surface area contributed by atoms with Gasteiger partial charge in [-0.2, -0.15) is 0 Å². The van der Waals surface area contributed by atoms with E-state index in [0.717, 1.165) is 15.7 Å². The monoisotopic (exact) mass is 414 g/mol. The van der Waals surface area contributed by atoms with Crippen LogP contribution in [0.15, 0.2) is 73.1 Å². The number of nitrogens with one attached hydrogen (secondary N) is 1. The van der Waals surface area contributed by atoms with Crippen molar-refractivity contribution in [3.8, 4) is 0 Å². The van der Waals surface area contributed by atoms with Crippen molar-refractivity contribution in [2.75, 3.05) is 5.32 Å². The maximum absolute atomic E-state index is 12.2. The lowest BCUT2D eigenvalue weighted by Crippen LogP contribution is -2.11. The van der Waals surface area contributed by atoms with Crippen LogP contribution in [0.25, 0.3) is 0 Å². The van der Waals surface area contributed by atoms with Crippen molar-refractivity contribution < 1.29 is 4.79 Å². The van der Waals surface area contributed by atoms with Gasteiger partial charge in [0.05, 0.1) is 0 Å². The molecule has 0 unspecified atom stereocenters. The van der Waals surface area contributed by atoms with Crippen molar-refractivity contribution in [1.82, 2.24) is 4.98 Å². The molecular formula is C19H15IN2O. The molecule has 0 atom stereocenters. The number of pyridine rings is 1. The zero-order valence-electron chi connectivity index (χ0n) is 12.4. The number of hydrogen-bond donors (Lipinski definition) is 1. The summed E-state index contributed by atoms with van der Waals surface area (Å²) < 4.78 is 1.11. The average molecular weight is 414 g/mol. The van der Waals surface area contributed by atoms with Gasteiger partial charge in [0.1, 0.15) is 0 Å². The van der Waals surface area contributed by atoms with E-state index in [0.29, 0.717) is 5.56 Å². The fourth-order valence-electron chi connectivity index (χ4n) is 2.25. The Balaban J connectivity index is 1.65. The second-order valence-corrected chi connectivity index (χ2v) is 6.44. The number of halogens is 1. The standard InChI is InChI=1S/C19H15IN2O/c20-17-5-3-16(4-6-17)19(23)22-18-7-1-14(2-8-18)13-15-9-11-21-12-10-15/h1-12H,13H2,(H,22,23). The van der Waals surface area contributed by atoms with Crippen molar-refractivity contribution in [3.05, 3.63) is 93.3 Å². The van der Waals surface area contributed by atoms with E-state index in [1.807, 2.05) is 60.7 Å². The van der Waals surface area contributed by atoms with E-state index in [1.165, 1.54) is 11.1 Å². The predicted molar refractivity (Wildman–Crippen MR) is 101 cm³/mol. The lowest BCUT2D eigenvalue weighted by Gasteiger charge is -2.07. The molecule has 0 saturated carbocycles. The number of carbonyl (C=O) groups excluding carboxylic acids is 1. The Bertz CT molecular complexity index is 784. The molecule has 3 rings (SSSR count). The van der Waals surface area contributed by atoms with E-state index in [4.69, 9.17) is 0 Å². The first-order valence-corrected chi connectivity index (χ1v) is 8.33. The van der Waals surface area contributed by atoms with E-state index in [1.54, 1.807) is 12.4 Å². The molecule has 4 heteroatoms. The van der Waals surface area contributed by atoms with Gasteiger partial charge in [-0.1, -0.05) is 12.1 Å². The molecule has 3 aromatic rings.